The summed E-state index contributed by atoms with van der Waals surface area (Å²) in [6.45, 7) is 1.48. The number of rotatable bonds is 9. The number of para-hydroxylation sites is 1. The zero-order valence-electron chi connectivity index (χ0n) is 29.3. The molecule has 3 heterocycles. The van der Waals surface area contributed by atoms with Crippen molar-refractivity contribution < 1.29 is 19.2 Å². The van der Waals surface area contributed by atoms with Gasteiger partial charge in [-0.05, 0) is 73.1 Å². The van der Waals surface area contributed by atoms with E-state index in [9.17, 15) is 19.2 Å². The number of nitrogens with zero attached hydrogens (tertiary/aromatic N) is 3. The van der Waals surface area contributed by atoms with Gasteiger partial charge in [-0.3, -0.25) is 19.2 Å². The molecule has 12 heteroatoms. The highest BCUT2D eigenvalue weighted by atomic mass is 35.5. The van der Waals surface area contributed by atoms with Gasteiger partial charge in [-0.15, -0.1) is 0 Å². The number of halogens is 2. The number of nitrogens with one attached hydrogen (secondary N) is 3. The molecule has 3 aromatic rings. The molecular formula is C40H46Cl2N6O4. The minimum absolute atomic E-state index is 0.00129. The van der Waals surface area contributed by atoms with E-state index in [0.717, 1.165) is 42.5 Å². The molecule has 4 aliphatic rings. The number of fused-ring (bicyclic) bond motifs is 1. The Labute approximate surface area is 315 Å². The summed E-state index contributed by atoms with van der Waals surface area (Å²) in [5.41, 5.74) is 2.96. The fraction of sp³-hybridized carbons (Fsp3) is 0.450. The molecule has 1 saturated carbocycles. The lowest BCUT2D eigenvalue weighted by Gasteiger charge is -2.44. The summed E-state index contributed by atoms with van der Waals surface area (Å²) in [6, 6.07) is 21.8. The fourth-order valence-corrected chi connectivity index (χ4v) is 8.84. The van der Waals surface area contributed by atoms with Crippen molar-refractivity contribution in [1.29, 1.82) is 0 Å². The number of hydrogen-bond donors (Lipinski definition) is 3. The SMILES string of the molecule is O=C(CN1CN(c2ccccc2)C2(CCN(C(=O)[C@@H](Cc3ccc(Cl)cc3Cl)NC(=O)[C@H]3Cc4ccccc4CN3)CC2)C1=O)NC1CCCCC1. The van der Waals surface area contributed by atoms with Crippen molar-refractivity contribution in [1.82, 2.24) is 25.8 Å². The van der Waals surface area contributed by atoms with Gasteiger partial charge in [0, 0.05) is 47.8 Å². The molecule has 1 spiro atoms. The second kappa shape index (κ2) is 15.9. The van der Waals surface area contributed by atoms with Gasteiger partial charge in [-0.2, -0.15) is 0 Å². The highest BCUT2D eigenvalue weighted by molar-refractivity contribution is 6.35. The van der Waals surface area contributed by atoms with Crippen LogP contribution in [0.1, 0.15) is 61.6 Å². The van der Waals surface area contributed by atoms with Gasteiger partial charge in [0.2, 0.25) is 17.7 Å². The minimum atomic E-state index is -0.902. The van der Waals surface area contributed by atoms with Crippen LogP contribution in [0.4, 0.5) is 5.69 Å². The van der Waals surface area contributed by atoms with Gasteiger partial charge < -0.3 is 30.7 Å². The molecule has 3 fully saturated rings. The first-order valence-electron chi connectivity index (χ1n) is 18.4. The first kappa shape index (κ1) is 36.2. The van der Waals surface area contributed by atoms with Gasteiger partial charge in [-0.25, -0.2) is 0 Å². The molecule has 2 saturated heterocycles. The summed E-state index contributed by atoms with van der Waals surface area (Å²) in [6.07, 6.45) is 6.83. The Hall–Kier alpha value is -4.12. The Morgan fingerprint density at radius 3 is 2.35 bits per heavy atom. The number of anilines is 1. The molecule has 0 radical (unpaired) electrons. The van der Waals surface area contributed by atoms with Crippen molar-refractivity contribution >= 4 is 52.5 Å². The predicted octanol–water partition coefficient (Wildman–Crippen LogP) is 4.85. The third-order valence-electron chi connectivity index (χ3n) is 11.2. The Balaban J connectivity index is 1.07. The molecule has 3 N–H and O–H groups in total. The van der Waals surface area contributed by atoms with Crippen LogP contribution in [0.15, 0.2) is 72.8 Å². The van der Waals surface area contributed by atoms with Gasteiger partial charge >= 0.3 is 0 Å². The topological polar surface area (TPSA) is 114 Å². The summed E-state index contributed by atoms with van der Waals surface area (Å²) in [4.78, 5) is 61.1. The van der Waals surface area contributed by atoms with Gasteiger partial charge in [0.1, 0.15) is 18.1 Å². The van der Waals surface area contributed by atoms with E-state index < -0.39 is 17.6 Å². The van der Waals surface area contributed by atoms with Crippen LogP contribution in [0.2, 0.25) is 10.0 Å². The van der Waals surface area contributed by atoms with E-state index in [1.807, 2.05) is 54.6 Å². The molecular weight excluding hydrogens is 699 g/mol. The summed E-state index contributed by atoms with van der Waals surface area (Å²) >= 11 is 12.8. The van der Waals surface area contributed by atoms with Crippen LogP contribution in [-0.4, -0.2) is 83.4 Å². The van der Waals surface area contributed by atoms with Crippen molar-refractivity contribution in [2.24, 2.45) is 0 Å². The third-order valence-corrected chi connectivity index (χ3v) is 11.8. The summed E-state index contributed by atoms with van der Waals surface area (Å²) in [7, 11) is 0. The average molecular weight is 746 g/mol. The van der Waals surface area contributed by atoms with E-state index in [-0.39, 0.29) is 42.6 Å². The Morgan fingerprint density at radius 2 is 1.62 bits per heavy atom. The number of carbonyl (C=O) groups is 4. The number of benzene rings is 3. The highest BCUT2D eigenvalue weighted by Gasteiger charge is 2.54. The van der Waals surface area contributed by atoms with E-state index >= 15 is 0 Å². The van der Waals surface area contributed by atoms with Crippen LogP contribution in [-0.2, 0) is 38.6 Å². The maximum absolute atomic E-state index is 14.4. The average Bonchev–Trinajstić information content (AvgIpc) is 3.42. The molecule has 4 amide bonds. The summed E-state index contributed by atoms with van der Waals surface area (Å²) < 4.78 is 0. The van der Waals surface area contributed by atoms with Crippen molar-refractivity contribution in [2.75, 3.05) is 31.2 Å². The minimum Gasteiger partial charge on any atom is -0.352 e. The van der Waals surface area contributed by atoms with Crippen LogP contribution < -0.4 is 20.9 Å². The largest absolute Gasteiger partial charge is 0.352 e. The van der Waals surface area contributed by atoms with E-state index in [4.69, 9.17) is 23.2 Å². The zero-order chi connectivity index (χ0) is 36.2. The zero-order valence-corrected chi connectivity index (χ0v) is 30.8. The predicted molar refractivity (Wildman–Crippen MR) is 202 cm³/mol. The number of amides is 4. The number of piperidine rings is 1. The van der Waals surface area contributed by atoms with E-state index in [2.05, 4.69) is 20.9 Å². The number of hydrogen-bond acceptors (Lipinski definition) is 6. The first-order valence-corrected chi connectivity index (χ1v) is 19.2. The lowest BCUT2D eigenvalue weighted by Crippen LogP contribution is -2.60. The quantitative estimate of drug-likeness (QED) is 0.289. The molecule has 10 nitrogen and oxygen atoms in total. The Morgan fingerprint density at radius 1 is 0.904 bits per heavy atom. The molecule has 0 unspecified atom stereocenters. The van der Waals surface area contributed by atoms with Crippen LogP contribution >= 0.6 is 23.2 Å². The van der Waals surface area contributed by atoms with E-state index in [1.165, 1.54) is 6.42 Å². The first-order chi connectivity index (χ1) is 25.2. The monoisotopic (exact) mass is 744 g/mol. The molecule has 1 aliphatic carbocycles. The van der Waals surface area contributed by atoms with Crippen molar-refractivity contribution in [3.8, 4) is 0 Å². The van der Waals surface area contributed by atoms with Gasteiger partial charge in [-0.1, -0.05) is 91.0 Å². The van der Waals surface area contributed by atoms with Crippen molar-refractivity contribution in [2.45, 2.75) is 88.0 Å². The molecule has 0 aromatic heterocycles. The van der Waals surface area contributed by atoms with Crippen LogP contribution in [0.25, 0.3) is 0 Å². The van der Waals surface area contributed by atoms with Gasteiger partial charge in [0.15, 0.2) is 0 Å². The summed E-state index contributed by atoms with van der Waals surface area (Å²) in [5, 5.41) is 10.4. The summed E-state index contributed by atoms with van der Waals surface area (Å²) in [5.74, 6) is -0.711. The smallest absolute Gasteiger partial charge is 0.250 e. The maximum atomic E-state index is 14.4. The number of likely N-dealkylation sites (tertiary alicyclic amines) is 1. The molecule has 2 atom stereocenters. The molecule has 3 aliphatic heterocycles. The van der Waals surface area contributed by atoms with Crippen molar-refractivity contribution in [3.05, 3.63) is 99.5 Å². The van der Waals surface area contributed by atoms with Crippen molar-refractivity contribution in [3.63, 3.8) is 0 Å². The number of carbonyl (C=O) groups excluding carboxylic acids is 4. The molecule has 274 valence electrons. The molecule has 0 bridgehead atoms. The van der Waals surface area contributed by atoms with Crippen LogP contribution in [0.5, 0.6) is 0 Å². The van der Waals surface area contributed by atoms with Crippen LogP contribution in [0, 0.1) is 0 Å². The second-order valence-electron chi connectivity index (χ2n) is 14.6. The maximum Gasteiger partial charge on any atom is 0.250 e. The molecule has 52 heavy (non-hydrogen) atoms. The second-order valence-corrected chi connectivity index (χ2v) is 15.4. The third kappa shape index (κ3) is 7.80. The van der Waals surface area contributed by atoms with Gasteiger partial charge in [0.05, 0.1) is 12.7 Å². The standard InChI is InChI=1S/C40H46Cl2N6O4/c41-30-16-15-28(33(42)23-30)22-35(45-37(50)34-21-27-9-7-8-10-29(27)24-43-34)38(51)46-19-17-40(18-20-46)39(52)47(26-48(40)32-13-5-2-6-14-32)25-36(49)44-31-11-3-1-4-12-31/h2,5-10,13-16,23,31,34-35,43H,1,3-4,11-12,17-22,24-26H2,(H,44,49)(H,45,50)/t34-,35-/m1/s1. The lowest BCUT2D eigenvalue weighted by atomic mass is 9.85. The fourth-order valence-electron chi connectivity index (χ4n) is 8.35. The highest BCUT2D eigenvalue weighted by Crippen LogP contribution is 2.40. The van der Waals surface area contributed by atoms with Gasteiger partial charge in [0.25, 0.3) is 5.91 Å². The molecule has 7 rings (SSSR count). The Kier molecular flexibility index (Phi) is 11.1. The lowest BCUT2D eigenvalue weighted by molar-refractivity contribution is -0.141. The van der Waals surface area contributed by atoms with E-state index in [0.29, 0.717) is 61.2 Å². The van der Waals surface area contributed by atoms with Crippen LogP contribution in [0.3, 0.4) is 0 Å². The van der Waals surface area contributed by atoms with E-state index in [1.54, 1.807) is 28.0 Å². The normalized spacial score (nSPS) is 20.8. The molecule has 3 aromatic carbocycles. The Bertz CT molecular complexity index is 1790.